The van der Waals surface area contributed by atoms with Crippen LogP contribution >= 0.6 is 11.6 Å². The van der Waals surface area contributed by atoms with Crippen LogP contribution in [0.4, 0.5) is 5.82 Å². The summed E-state index contributed by atoms with van der Waals surface area (Å²) in [5.41, 5.74) is 0.920. The molecule has 0 unspecified atom stereocenters. The SMILES string of the molecule is CNc1cc(Oc2ccc(C)cc2Cl)nc(C(C)(C)C)n1. The number of benzene rings is 1. The number of nitrogens with zero attached hydrogens (tertiary/aromatic N) is 2. The van der Waals surface area contributed by atoms with Gasteiger partial charge in [-0.05, 0) is 24.6 Å². The van der Waals surface area contributed by atoms with Gasteiger partial charge in [-0.1, -0.05) is 38.4 Å². The highest BCUT2D eigenvalue weighted by atomic mass is 35.5. The Hall–Kier alpha value is -1.81. The van der Waals surface area contributed by atoms with Crippen LogP contribution in [0.3, 0.4) is 0 Å². The number of anilines is 1. The fourth-order valence-electron chi connectivity index (χ4n) is 1.74. The second-order valence-electron chi connectivity index (χ2n) is 5.95. The zero-order valence-electron chi connectivity index (χ0n) is 13.0. The lowest BCUT2D eigenvalue weighted by molar-refractivity contribution is 0.446. The predicted molar refractivity (Wildman–Crippen MR) is 86.5 cm³/mol. The third-order valence-corrected chi connectivity index (χ3v) is 3.23. The van der Waals surface area contributed by atoms with Gasteiger partial charge < -0.3 is 10.1 Å². The van der Waals surface area contributed by atoms with Crippen molar-refractivity contribution in [2.24, 2.45) is 0 Å². The van der Waals surface area contributed by atoms with Crippen molar-refractivity contribution in [3.8, 4) is 11.6 Å². The molecule has 1 aromatic carbocycles. The number of aromatic nitrogens is 2. The molecule has 2 rings (SSSR count). The van der Waals surface area contributed by atoms with Crippen LogP contribution in [-0.4, -0.2) is 17.0 Å². The largest absolute Gasteiger partial charge is 0.437 e. The first-order chi connectivity index (χ1) is 9.79. The monoisotopic (exact) mass is 305 g/mol. The molecule has 0 atom stereocenters. The van der Waals surface area contributed by atoms with Crippen LogP contribution in [0, 0.1) is 6.92 Å². The molecule has 0 radical (unpaired) electrons. The van der Waals surface area contributed by atoms with E-state index in [2.05, 4.69) is 36.1 Å². The molecular weight excluding hydrogens is 286 g/mol. The number of halogens is 1. The smallest absolute Gasteiger partial charge is 0.224 e. The highest BCUT2D eigenvalue weighted by molar-refractivity contribution is 6.32. The highest BCUT2D eigenvalue weighted by Crippen LogP contribution is 2.31. The van der Waals surface area contributed by atoms with Crippen molar-refractivity contribution in [2.75, 3.05) is 12.4 Å². The topological polar surface area (TPSA) is 47.0 Å². The van der Waals surface area contributed by atoms with Crippen molar-refractivity contribution in [1.82, 2.24) is 9.97 Å². The first-order valence-electron chi connectivity index (χ1n) is 6.81. The van der Waals surface area contributed by atoms with Crippen molar-refractivity contribution >= 4 is 17.4 Å². The van der Waals surface area contributed by atoms with Gasteiger partial charge in [0, 0.05) is 18.5 Å². The summed E-state index contributed by atoms with van der Waals surface area (Å²) in [4.78, 5) is 8.95. The molecule has 0 aliphatic carbocycles. The van der Waals surface area contributed by atoms with E-state index in [9.17, 15) is 0 Å². The molecule has 0 bridgehead atoms. The van der Waals surface area contributed by atoms with Crippen molar-refractivity contribution in [1.29, 1.82) is 0 Å². The zero-order chi connectivity index (χ0) is 15.6. The molecule has 112 valence electrons. The van der Waals surface area contributed by atoms with Crippen molar-refractivity contribution in [3.63, 3.8) is 0 Å². The Morgan fingerprint density at radius 3 is 2.43 bits per heavy atom. The van der Waals surface area contributed by atoms with Crippen LogP contribution in [0.15, 0.2) is 24.3 Å². The summed E-state index contributed by atoms with van der Waals surface area (Å²) >= 11 is 6.20. The van der Waals surface area contributed by atoms with Crippen molar-refractivity contribution in [2.45, 2.75) is 33.1 Å². The molecular formula is C16H20ClN3O. The van der Waals surface area contributed by atoms with Crippen LogP contribution in [0.2, 0.25) is 5.02 Å². The van der Waals surface area contributed by atoms with E-state index in [0.717, 1.165) is 5.56 Å². The van der Waals surface area contributed by atoms with E-state index in [1.165, 1.54) is 0 Å². The summed E-state index contributed by atoms with van der Waals surface area (Å²) in [7, 11) is 1.82. The average Bonchev–Trinajstić information content (AvgIpc) is 2.40. The third kappa shape index (κ3) is 3.85. The first-order valence-corrected chi connectivity index (χ1v) is 7.19. The van der Waals surface area contributed by atoms with Gasteiger partial charge in [0.05, 0.1) is 5.02 Å². The molecule has 5 heteroatoms. The molecule has 0 spiro atoms. The lowest BCUT2D eigenvalue weighted by atomic mass is 9.96. The summed E-state index contributed by atoms with van der Waals surface area (Å²) in [6, 6.07) is 7.41. The molecule has 2 aromatic rings. The van der Waals surface area contributed by atoms with Gasteiger partial charge in [-0.2, -0.15) is 4.98 Å². The maximum Gasteiger partial charge on any atom is 0.224 e. The van der Waals surface area contributed by atoms with Crippen LogP contribution in [0.25, 0.3) is 0 Å². The predicted octanol–water partition coefficient (Wildman–Crippen LogP) is 4.57. The van der Waals surface area contributed by atoms with E-state index in [4.69, 9.17) is 16.3 Å². The van der Waals surface area contributed by atoms with E-state index in [0.29, 0.717) is 28.3 Å². The second-order valence-corrected chi connectivity index (χ2v) is 6.36. The summed E-state index contributed by atoms with van der Waals surface area (Å²) in [6.45, 7) is 8.16. The van der Waals surface area contributed by atoms with Crippen LogP contribution < -0.4 is 10.1 Å². The number of hydrogen-bond donors (Lipinski definition) is 1. The number of aryl methyl sites for hydroxylation is 1. The van der Waals surface area contributed by atoms with E-state index in [1.54, 1.807) is 6.07 Å². The molecule has 4 nitrogen and oxygen atoms in total. The molecule has 1 N–H and O–H groups in total. The first kappa shape index (κ1) is 15.6. The lowest BCUT2D eigenvalue weighted by Crippen LogP contribution is -2.17. The fraction of sp³-hybridized carbons (Fsp3) is 0.375. The van der Waals surface area contributed by atoms with E-state index in [-0.39, 0.29) is 5.41 Å². The standard InChI is InChI=1S/C16H20ClN3O/c1-10-6-7-12(11(17)8-10)21-14-9-13(18-5)19-15(20-14)16(2,3)4/h6-9H,1-5H3,(H,18,19,20). The number of nitrogens with one attached hydrogen (secondary N) is 1. The molecule has 1 heterocycles. The van der Waals surface area contributed by atoms with Gasteiger partial charge in [0.1, 0.15) is 17.4 Å². The summed E-state index contributed by atoms with van der Waals surface area (Å²) in [5.74, 6) is 2.49. The molecule has 0 saturated heterocycles. The molecule has 0 fully saturated rings. The van der Waals surface area contributed by atoms with E-state index < -0.39 is 0 Å². The second kappa shape index (κ2) is 5.90. The van der Waals surface area contributed by atoms with Gasteiger partial charge in [0.15, 0.2) is 0 Å². The van der Waals surface area contributed by atoms with Gasteiger partial charge in [0.25, 0.3) is 0 Å². The van der Waals surface area contributed by atoms with Crippen LogP contribution in [0.5, 0.6) is 11.6 Å². The maximum atomic E-state index is 6.20. The molecule has 0 aliphatic heterocycles. The van der Waals surface area contributed by atoms with Crippen LogP contribution in [0.1, 0.15) is 32.2 Å². The number of hydrogen-bond acceptors (Lipinski definition) is 4. The Morgan fingerprint density at radius 1 is 1.14 bits per heavy atom. The minimum atomic E-state index is -0.165. The fourth-order valence-corrected chi connectivity index (χ4v) is 2.02. The summed E-state index contributed by atoms with van der Waals surface area (Å²) < 4.78 is 5.82. The van der Waals surface area contributed by atoms with Gasteiger partial charge in [-0.3, -0.25) is 0 Å². The van der Waals surface area contributed by atoms with Crippen molar-refractivity contribution in [3.05, 3.63) is 40.7 Å². The minimum Gasteiger partial charge on any atom is -0.437 e. The Balaban J connectivity index is 2.39. The Morgan fingerprint density at radius 2 is 1.86 bits per heavy atom. The van der Waals surface area contributed by atoms with Gasteiger partial charge in [-0.15, -0.1) is 0 Å². The Labute approximate surface area is 130 Å². The molecule has 0 amide bonds. The van der Waals surface area contributed by atoms with Gasteiger partial charge in [-0.25, -0.2) is 4.98 Å². The molecule has 0 saturated carbocycles. The molecule has 21 heavy (non-hydrogen) atoms. The molecule has 1 aromatic heterocycles. The summed E-state index contributed by atoms with van der Waals surface area (Å²) in [5, 5.41) is 3.59. The summed E-state index contributed by atoms with van der Waals surface area (Å²) in [6.07, 6.45) is 0. The zero-order valence-corrected chi connectivity index (χ0v) is 13.7. The van der Waals surface area contributed by atoms with Crippen molar-refractivity contribution < 1.29 is 4.74 Å². The van der Waals surface area contributed by atoms with Gasteiger partial charge >= 0.3 is 0 Å². The number of ether oxygens (including phenoxy) is 1. The molecule has 0 aliphatic rings. The minimum absolute atomic E-state index is 0.165. The lowest BCUT2D eigenvalue weighted by Gasteiger charge is -2.18. The third-order valence-electron chi connectivity index (χ3n) is 2.93. The highest BCUT2D eigenvalue weighted by Gasteiger charge is 2.20. The maximum absolute atomic E-state index is 6.20. The van der Waals surface area contributed by atoms with E-state index in [1.807, 2.05) is 32.2 Å². The Bertz CT molecular complexity index is 650. The number of rotatable bonds is 3. The van der Waals surface area contributed by atoms with E-state index >= 15 is 0 Å². The quantitative estimate of drug-likeness (QED) is 0.902. The average molecular weight is 306 g/mol. The normalized spacial score (nSPS) is 11.3. The Kier molecular flexibility index (Phi) is 4.37. The van der Waals surface area contributed by atoms with Gasteiger partial charge in [0.2, 0.25) is 5.88 Å². The van der Waals surface area contributed by atoms with Crippen LogP contribution in [-0.2, 0) is 5.41 Å².